The molecule has 0 fully saturated rings. The number of amides is 2. The van der Waals surface area contributed by atoms with E-state index in [1.54, 1.807) is 7.05 Å². The van der Waals surface area contributed by atoms with Gasteiger partial charge in [-0.1, -0.05) is 0 Å². The van der Waals surface area contributed by atoms with Gasteiger partial charge in [0.25, 0.3) is 11.8 Å². The van der Waals surface area contributed by atoms with Crippen LogP contribution in [0, 0.1) is 0 Å². The number of hydrogen-bond acceptors (Lipinski definition) is 4. The monoisotopic (exact) mass is 212 g/mol. The quantitative estimate of drug-likeness (QED) is 0.549. The van der Waals surface area contributed by atoms with Crippen molar-refractivity contribution in [3.05, 3.63) is 17.5 Å². The smallest absolute Gasteiger partial charge is 0.272 e. The van der Waals surface area contributed by atoms with Crippen LogP contribution >= 0.6 is 0 Å². The summed E-state index contributed by atoms with van der Waals surface area (Å²) in [6, 6.07) is 0. The van der Waals surface area contributed by atoms with Crippen LogP contribution in [-0.4, -0.2) is 39.9 Å². The molecule has 0 radical (unpaired) electrons. The highest BCUT2D eigenvalue weighted by Crippen LogP contribution is 2.04. The van der Waals surface area contributed by atoms with Crippen LogP contribution in [0.25, 0.3) is 0 Å². The highest BCUT2D eigenvalue weighted by atomic mass is 16.3. The van der Waals surface area contributed by atoms with Crippen LogP contribution < -0.4 is 11.1 Å². The Kier molecular flexibility index (Phi) is 3.40. The van der Waals surface area contributed by atoms with Crippen LogP contribution in [0.2, 0.25) is 0 Å². The first-order chi connectivity index (χ1) is 7.06. The Morgan fingerprint density at radius 3 is 2.87 bits per heavy atom. The van der Waals surface area contributed by atoms with Crippen molar-refractivity contribution in [2.75, 3.05) is 13.2 Å². The third-order valence-corrected chi connectivity index (χ3v) is 1.71. The Morgan fingerprint density at radius 1 is 1.67 bits per heavy atom. The Morgan fingerprint density at radius 2 is 2.33 bits per heavy atom. The predicted octanol–water partition coefficient (Wildman–Crippen LogP) is -1.76. The van der Waals surface area contributed by atoms with Crippen molar-refractivity contribution in [1.29, 1.82) is 0 Å². The maximum atomic E-state index is 11.4. The van der Waals surface area contributed by atoms with Gasteiger partial charge in [0.2, 0.25) is 0 Å². The number of primary amides is 1. The van der Waals surface area contributed by atoms with Crippen LogP contribution in [0.4, 0.5) is 0 Å². The minimum absolute atomic E-state index is 0.0292. The number of aliphatic hydroxyl groups is 1. The minimum Gasteiger partial charge on any atom is -0.395 e. The maximum Gasteiger partial charge on any atom is 0.272 e. The molecule has 1 rings (SSSR count). The molecule has 0 spiro atoms. The zero-order valence-electron chi connectivity index (χ0n) is 8.23. The van der Waals surface area contributed by atoms with Crippen LogP contribution in [-0.2, 0) is 7.05 Å². The summed E-state index contributed by atoms with van der Waals surface area (Å²) in [4.78, 5) is 22.4. The lowest BCUT2D eigenvalue weighted by molar-refractivity contribution is 0.0924. The molecule has 7 nitrogen and oxygen atoms in total. The third kappa shape index (κ3) is 2.53. The summed E-state index contributed by atoms with van der Waals surface area (Å²) in [7, 11) is 1.58. The summed E-state index contributed by atoms with van der Waals surface area (Å²) < 4.78 is 1.33. The van der Waals surface area contributed by atoms with E-state index in [0.29, 0.717) is 0 Å². The summed E-state index contributed by atoms with van der Waals surface area (Å²) in [6.45, 7) is -0.0713. The number of carbonyl (C=O) groups is 2. The molecule has 0 unspecified atom stereocenters. The van der Waals surface area contributed by atoms with Crippen LogP contribution in [0.1, 0.15) is 20.8 Å². The lowest BCUT2D eigenvalue weighted by atomic mass is 10.2. The Hall–Kier alpha value is -1.89. The Bertz CT molecular complexity index is 385. The standard InChI is InChI=1S/C8H12N4O3/c1-12-4-5(7(9)14)6(11-12)8(15)10-2-3-13/h4,13H,2-3H2,1H3,(H2,9,14)(H,10,15). The molecule has 2 amide bonds. The Balaban J connectivity index is 2.92. The number of aromatic nitrogens is 2. The van der Waals surface area contributed by atoms with E-state index < -0.39 is 11.8 Å². The molecule has 1 aromatic rings. The average Bonchev–Trinajstić information content (AvgIpc) is 2.57. The number of aryl methyl sites for hydroxylation is 1. The topological polar surface area (TPSA) is 110 Å². The number of nitrogens with one attached hydrogen (secondary N) is 1. The van der Waals surface area contributed by atoms with Crippen LogP contribution in [0.3, 0.4) is 0 Å². The summed E-state index contributed by atoms with van der Waals surface area (Å²) in [5.41, 5.74) is 5.11. The largest absolute Gasteiger partial charge is 0.395 e. The first kappa shape index (κ1) is 11.2. The normalized spacial score (nSPS) is 10.0. The molecule has 0 bridgehead atoms. The van der Waals surface area contributed by atoms with E-state index in [-0.39, 0.29) is 24.4 Å². The molecule has 0 atom stereocenters. The van der Waals surface area contributed by atoms with E-state index in [1.807, 2.05) is 0 Å². The number of aliphatic hydroxyl groups excluding tert-OH is 1. The van der Waals surface area contributed by atoms with E-state index in [1.165, 1.54) is 10.9 Å². The number of rotatable bonds is 4. The SMILES string of the molecule is Cn1cc(C(N)=O)c(C(=O)NCCO)n1. The van der Waals surface area contributed by atoms with Crippen molar-refractivity contribution in [1.82, 2.24) is 15.1 Å². The number of hydrogen-bond donors (Lipinski definition) is 3. The summed E-state index contributed by atoms with van der Waals surface area (Å²) in [5, 5.41) is 14.7. The van der Waals surface area contributed by atoms with Crippen molar-refractivity contribution in [3.63, 3.8) is 0 Å². The zero-order chi connectivity index (χ0) is 11.4. The fraction of sp³-hybridized carbons (Fsp3) is 0.375. The zero-order valence-corrected chi connectivity index (χ0v) is 8.23. The highest BCUT2D eigenvalue weighted by Gasteiger charge is 2.18. The van der Waals surface area contributed by atoms with E-state index in [2.05, 4.69) is 10.4 Å². The first-order valence-electron chi connectivity index (χ1n) is 4.28. The van der Waals surface area contributed by atoms with E-state index in [9.17, 15) is 9.59 Å². The van der Waals surface area contributed by atoms with Gasteiger partial charge in [-0.2, -0.15) is 5.10 Å². The lowest BCUT2D eigenvalue weighted by Crippen LogP contribution is -2.29. The van der Waals surface area contributed by atoms with Gasteiger partial charge in [-0.25, -0.2) is 0 Å². The van der Waals surface area contributed by atoms with E-state index in [0.717, 1.165) is 0 Å². The van der Waals surface area contributed by atoms with Crippen LogP contribution in [0.15, 0.2) is 6.20 Å². The van der Waals surface area contributed by atoms with Gasteiger partial charge in [0.1, 0.15) is 0 Å². The van der Waals surface area contributed by atoms with E-state index >= 15 is 0 Å². The number of nitrogens with zero attached hydrogens (tertiary/aromatic N) is 2. The third-order valence-electron chi connectivity index (χ3n) is 1.71. The predicted molar refractivity (Wildman–Crippen MR) is 51.1 cm³/mol. The molecule has 7 heteroatoms. The van der Waals surface area contributed by atoms with Gasteiger partial charge in [0.15, 0.2) is 5.69 Å². The molecule has 0 aromatic carbocycles. The van der Waals surface area contributed by atoms with Gasteiger partial charge >= 0.3 is 0 Å². The molecule has 1 aromatic heterocycles. The summed E-state index contributed by atoms with van der Waals surface area (Å²) in [5.74, 6) is -1.24. The second-order valence-corrected chi connectivity index (χ2v) is 2.91. The molecule has 0 saturated heterocycles. The van der Waals surface area contributed by atoms with Gasteiger partial charge in [-0.3, -0.25) is 14.3 Å². The second kappa shape index (κ2) is 4.56. The average molecular weight is 212 g/mol. The first-order valence-corrected chi connectivity index (χ1v) is 4.28. The summed E-state index contributed by atoms with van der Waals surface area (Å²) >= 11 is 0. The Labute approximate surface area is 85.9 Å². The van der Waals surface area contributed by atoms with Crippen molar-refractivity contribution >= 4 is 11.8 Å². The highest BCUT2D eigenvalue weighted by molar-refractivity contribution is 6.05. The molecule has 82 valence electrons. The molecule has 4 N–H and O–H groups in total. The number of nitrogens with two attached hydrogens (primary N) is 1. The van der Waals surface area contributed by atoms with Crippen molar-refractivity contribution in [3.8, 4) is 0 Å². The fourth-order valence-corrected chi connectivity index (χ4v) is 1.09. The molecular weight excluding hydrogens is 200 g/mol. The van der Waals surface area contributed by atoms with Crippen molar-refractivity contribution in [2.45, 2.75) is 0 Å². The molecule has 0 aliphatic carbocycles. The van der Waals surface area contributed by atoms with Crippen LogP contribution in [0.5, 0.6) is 0 Å². The van der Waals surface area contributed by atoms with Crippen molar-refractivity contribution in [2.24, 2.45) is 12.8 Å². The number of carbonyl (C=O) groups excluding carboxylic acids is 2. The maximum absolute atomic E-state index is 11.4. The molecule has 0 aliphatic heterocycles. The molecular formula is C8H12N4O3. The fourth-order valence-electron chi connectivity index (χ4n) is 1.09. The molecule has 1 heterocycles. The van der Waals surface area contributed by atoms with Gasteiger partial charge in [-0.05, 0) is 0 Å². The molecule has 0 saturated carbocycles. The van der Waals surface area contributed by atoms with Gasteiger partial charge in [-0.15, -0.1) is 0 Å². The minimum atomic E-state index is -0.711. The second-order valence-electron chi connectivity index (χ2n) is 2.91. The van der Waals surface area contributed by atoms with Gasteiger partial charge in [0.05, 0.1) is 12.2 Å². The molecule has 15 heavy (non-hydrogen) atoms. The summed E-state index contributed by atoms with van der Waals surface area (Å²) in [6.07, 6.45) is 1.37. The van der Waals surface area contributed by atoms with Gasteiger partial charge < -0.3 is 16.2 Å². The molecule has 0 aliphatic rings. The lowest BCUT2D eigenvalue weighted by Gasteiger charge is -2.00. The van der Waals surface area contributed by atoms with Crippen molar-refractivity contribution < 1.29 is 14.7 Å². The van der Waals surface area contributed by atoms with E-state index in [4.69, 9.17) is 10.8 Å². The van der Waals surface area contributed by atoms with Gasteiger partial charge in [0, 0.05) is 19.8 Å².